The highest BCUT2D eigenvalue weighted by Gasteiger charge is 2.40. The van der Waals surface area contributed by atoms with Crippen molar-refractivity contribution in [3.05, 3.63) is 22.4 Å². The van der Waals surface area contributed by atoms with E-state index in [1.165, 1.54) is 4.88 Å². The third kappa shape index (κ3) is 2.91. The molecular weight excluding hydrogens is 248 g/mol. The molecule has 1 aliphatic rings. The van der Waals surface area contributed by atoms with Gasteiger partial charge < -0.3 is 10.5 Å². The zero-order valence-electron chi connectivity index (χ0n) is 10.6. The Morgan fingerprint density at radius 2 is 2.33 bits per heavy atom. The second-order valence-corrected chi connectivity index (χ2v) is 5.85. The van der Waals surface area contributed by atoms with Gasteiger partial charge in [-0.15, -0.1) is 11.3 Å². The highest BCUT2D eigenvalue weighted by molar-refractivity contribution is 7.09. The first-order valence-electron chi connectivity index (χ1n) is 6.26. The molecule has 1 aromatic heterocycles. The number of hydrogen-bond donors (Lipinski definition) is 2. The van der Waals surface area contributed by atoms with Crippen LogP contribution in [0.5, 0.6) is 0 Å². The van der Waals surface area contributed by atoms with Gasteiger partial charge in [0.15, 0.2) is 0 Å². The van der Waals surface area contributed by atoms with Crippen molar-refractivity contribution in [1.29, 1.82) is 0 Å². The van der Waals surface area contributed by atoms with Gasteiger partial charge in [0.05, 0.1) is 11.6 Å². The molecule has 100 valence electrons. The van der Waals surface area contributed by atoms with Crippen LogP contribution < -0.4 is 11.1 Å². The van der Waals surface area contributed by atoms with E-state index in [1.807, 2.05) is 11.4 Å². The standard InChI is InChI=1S/C13H20N2O2S/c1-17-10-4-6-13(7-5-10,12(14)16)15-9-11-3-2-8-18-11/h2-3,8,10,15H,4-7,9H2,1H3,(H2,14,16). The van der Waals surface area contributed by atoms with E-state index in [0.717, 1.165) is 25.7 Å². The van der Waals surface area contributed by atoms with Gasteiger partial charge in [-0.25, -0.2) is 0 Å². The molecular formula is C13H20N2O2S. The number of carbonyl (C=O) groups is 1. The van der Waals surface area contributed by atoms with E-state index in [9.17, 15) is 4.79 Å². The maximum atomic E-state index is 11.8. The highest BCUT2D eigenvalue weighted by Crippen LogP contribution is 2.30. The Balaban J connectivity index is 1.97. The van der Waals surface area contributed by atoms with Crippen molar-refractivity contribution >= 4 is 17.2 Å². The van der Waals surface area contributed by atoms with Gasteiger partial charge in [0.1, 0.15) is 0 Å². The largest absolute Gasteiger partial charge is 0.381 e. The van der Waals surface area contributed by atoms with Gasteiger partial charge in [-0.1, -0.05) is 6.07 Å². The van der Waals surface area contributed by atoms with Crippen LogP contribution in [0, 0.1) is 0 Å². The lowest BCUT2D eigenvalue weighted by Crippen LogP contribution is -2.57. The van der Waals surface area contributed by atoms with Gasteiger partial charge in [-0.05, 0) is 37.1 Å². The average Bonchev–Trinajstić information content (AvgIpc) is 2.90. The van der Waals surface area contributed by atoms with Crippen LogP contribution >= 0.6 is 11.3 Å². The van der Waals surface area contributed by atoms with Crippen LogP contribution in [0.2, 0.25) is 0 Å². The molecule has 18 heavy (non-hydrogen) atoms. The summed E-state index contributed by atoms with van der Waals surface area (Å²) in [5, 5.41) is 5.40. The van der Waals surface area contributed by atoms with Crippen molar-refractivity contribution in [3.63, 3.8) is 0 Å². The Morgan fingerprint density at radius 1 is 1.61 bits per heavy atom. The van der Waals surface area contributed by atoms with Crippen LogP contribution in [0.4, 0.5) is 0 Å². The van der Waals surface area contributed by atoms with Crippen LogP contribution in [0.25, 0.3) is 0 Å². The zero-order valence-corrected chi connectivity index (χ0v) is 11.5. The van der Waals surface area contributed by atoms with Crippen molar-refractivity contribution in [2.24, 2.45) is 5.73 Å². The molecule has 0 atom stereocenters. The number of nitrogens with one attached hydrogen (secondary N) is 1. The Morgan fingerprint density at radius 3 is 2.83 bits per heavy atom. The molecule has 3 N–H and O–H groups in total. The van der Waals surface area contributed by atoms with Crippen molar-refractivity contribution in [2.45, 2.75) is 43.9 Å². The number of rotatable bonds is 5. The topological polar surface area (TPSA) is 64.3 Å². The Kier molecular flexibility index (Phi) is 4.37. The Bertz CT molecular complexity index is 384. The van der Waals surface area contributed by atoms with E-state index in [-0.39, 0.29) is 12.0 Å². The van der Waals surface area contributed by atoms with Crippen molar-refractivity contribution < 1.29 is 9.53 Å². The fourth-order valence-electron chi connectivity index (χ4n) is 2.50. The molecule has 0 bridgehead atoms. The molecule has 0 saturated heterocycles. The first-order chi connectivity index (χ1) is 8.66. The molecule has 4 nitrogen and oxygen atoms in total. The van der Waals surface area contributed by atoms with Crippen molar-refractivity contribution in [2.75, 3.05) is 7.11 Å². The predicted octanol–water partition coefficient (Wildman–Crippen LogP) is 1.65. The van der Waals surface area contributed by atoms with Gasteiger partial charge in [0.25, 0.3) is 0 Å². The predicted molar refractivity (Wildman–Crippen MR) is 72.3 cm³/mol. The van der Waals surface area contributed by atoms with Gasteiger partial charge in [0.2, 0.25) is 5.91 Å². The fraction of sp³-hybridized carbons (Fsp3) is 0.615. The second kappa shape index (κ2) is 5.82. The van der Waals surface area contributed by atoms with Crippen LogP contribution in [0.3, 0.4) is 0 Å². The lowest BCUT2D eigenvalue weighted by atomic mass is 9.79. The van der Waals surface area contributed by atoms with Crippen LogP contribution in [0.1, 0.15) is 30.6 Å². The summed E-state index contributed by atoms with van der Waals surface area (Å²) in [5.41, 5.74) is 5.03. The van der Waals surface area contributed by atoms with E-state index in [4.69, 9.17) is 10.5 Å². The third-order valence-electron chi connectivity index (χ3n) is 3.77. The normalized spacial score (nSPS) is 28.2. The van der Waals surface area contributed by atoms with Crippen LogP contribution in [-0.4, -0.2) is 24.7 Å². The van der Waals surface area contributed by atoms with Gasteiger partial charge in [-0.2, -0.15) is 0 Å². The molecule has 0 spiro atoms. The lowest BCUT2D eigenvalue weighted by molar-refractivity contribution is -0.127. The van der Waals surface area contributed by atoms with E-state index in [0.29, 0.717) is 6.54 Å². The summed E-state index contributed by atoms with van der Waals surface area (Å²) in [5.74, 6) is -0.242. The number of methoxy groups -OCH3 is 1. The summed E-state index contributed by atoms with van der Waals surface area (Å²) < 4.78 is 5.34. The van der Waals surface area contributed by atoms with E-state index < -0.39 is 5.54 Å². The molecule has 5 heteroatoms. The van der Waals surface area contributed by atoms with E-state index in [1.54, 1.807) is 18.4 Å². The first-order valence-corrected chi connectivity index (χ1v) is 7.14. The summed E-state index contributed by atoms with van der Waals surface area (Å²) in [6.45, 7) is 0.707. The molecule has 0 aliphatic heterocycles. The quantitative estimate of drug-likeness (QED) is 0.853. The summed E-state index contributed by atoms with van der Waals surface area (Å²) >= 11 is 1.69. The third-order valence-corrected chi connectivity index (χ3v) is 4.65. The zero-order chi connectivity index (χ0) is 13.0. The number of thiophene rings is 1. The second-order valence-electron chi connectivity index (χ2n) is 4.81. The molecule has 0 aromatic carbocycles. The SMILES string of the molecule is COC1CCC(NCc2cccs2)(C(N)=O)CC1. The minimum absolute atomic E-state index is 0.242. The summed E-state index contributed by atoms with van der Waals surface area (Å²) in [4.78, 5) is 13.0. The number of ether oxygens (including phenoxy) is 1. The van der Waals surface area contributed by atoms with E-state index in [2.05, 4.69) is 11.4 Å². The first kappa shape index (κ1) is 13.5. The minimum Gasteiger partial charge on any atom is -0.381 e. The van der Waals surface area contributed by atoms with Crippen molar-refractivity contribution in [3.8, 4) is 0 Å². The number of primary amides is 1. The maximum Gasteiger partial charge on any atom is 0.237 e. The number of nitrogens with two attached hydrogens (primary N) is 1. The van der Waals surface area contributed by atoms with Gasteiger partial charge >= 0.3 is 0 Å². The lowest BCUT2D eigenvalue weighted by Gasteiger charge is -2.38. The summed E-state index contributed by atoms with van der Waals surface area (Å²) in [7, 11) is 1.72. The fourth-order valence-corrected chi connectivity index (χ4v) is 3.14. The molecule has 2 rings (SSSR count). The number of hydrogen-bond acceptors (Lipinski definition) is 4. The molecule has 1 aliphatic carbocycles. The molecule has 1 heterocycles. The number of carbonyl (C=O) groups excluding carboxylic acids is 1. The van der Waals surface area contributed by atoms with Crippen molar-refractivity contribution in [1.82, 2.24) is 5.32 Å². The highest BCUT2D eigenvalue weighted by atomic mass is 32.1. The Hall–Kier alpha value is -0.910. The van der Waals surface area contributed by atoms with Gasteiger partial charge in [0, 0.05) is 18.5 Å². The van der Waals surface area contributed by atoms with Crippen LogP contribution in [-0.2, 0) is 16.1 Å². The average molecular weight is 268 g/mol. The van der Waals surface area contributed by atoms with Crippen LogP contribution in [0.15, 0.2) is 17.5 Å². The molecule has 0 radical (unpaired) electrons. The monoisotopic (exact) mass is 268 g/mol. The summed E-state index contributed by atoms with van der Waals surface area (Å²) in [6, 6.07) is 4.08. The van der Waals surface area contributed by atoms with E-state index >= 15 is 0 Å². The number of amides is 1. The Labute approximate surface area is 112 Å². The van der Waals surface area contributed by atoms with Gasteiger partial charge in [-0.3, -0.25) is 10.1 Å². The molecule has 0 unspecified atom stereocenters. The summed E-state index contributed by atoms with van der Waals surface area (Å²) in [6.07, 6.45) is 3.55. The minimum atomic E-state index is -0.557. The molecule has 1 saturated carbocycles. The molecule has 1 amide bonds. The molecule has 1 fully saturated rings. The smallest absolute Gasteiger partial charge is 0.237 e. The molecule has 1 aromatic rings. The maximum absolute atomic E-state index is 11.8.